The molecular weight excluding hydrogens is 344 g/mol. The van der Waals surface area contributed by atoms with Gasteiger partial charge in [0.05, 0.1) is 4.92 Å². The van der Waals surface area contributed by atoms with Crippen LogP contribution in [0, 0.1) is 22.0 Å². The Morgan fingerprint density at radius 3 is 2.59 bits per heavy atom. The van der Waals surface area contributed by atoms with Crippen molar-refractivity contribution in [1.29, 1.82) is 0 Å². The second-order valence-corrected chi connectivity index (χ2v) is 8.22. The van der Waals surface area contributed by atoms with Crippen molar-refractivity contribution < 1.29 is 9.72 Å². The minimum atomic E-state index is -0.430. The second-order valence-electron chi connectivity index (χ2n) is 8.22. The Labute approximate surface area is 160 Å². The fourth-order valence-electron chi connectivity index (χ4n) is 3.97. The summed E-state index contributed by atoms with van der Waals surface area (Å²) in [7, 11) is 0. The van der Waals surface area contributed by atoms with Crippen molar-refractivity contribution in [1.82, 2.24) is 10.2 Å². The molecule has 1 aliphatic heterocycles. The monoisotopic (exact) mass is 374 g/mol. The maximum absolute atomic E-state index is 12.4. The van der Waals surface area contributed by atoms with Gasteiger partial charge in [0, 0.05) is 37.3 Å². The first-order valence-electron chi connectivity index (χ1n) is 9.98. The van der Waals surface area contributed by atoms with E-state index in [-0.39, 0.29) is 11.6 Å². The Kier molecular flexibility index (Phi) is 6.31. The molecule has 7 nitrogen and oxygen atoms in total. The summed E-state index contributed by atoms with van der Waals surface area (Å²) in [6.45, 7) is 8.38. The van der Waals surface area contributed by atoms with Gasteiger partial charge in [-0.1, -0.05) is 13.8 Å². The predicted molar refractivity (Wildman–Crippen MR) is 106 cm³/mol. The lowest BCUT2D eigenvalue weighted by Gasteiger charge is -2.34. The molecule has 0 spiro atoms. The van der Waals surface area contributed by atoms with E-state index in [1.165, 1.54) is 12.5 Å². The van der Waals surface area contributed by atoms with Gasteiger partial charge in [0.15, 0.2) is 0 Å². The van der Waals surface area contributed by atoms with E-state index in [0.29, 0.717) is 23.8 Å². The van der Waals surface area contributed by atoms with Gasteiger partial charge in [0.2, 0.25) is 0 Å². The highest BCUT2D eigenvalue weighted by molar-refractivity contribution is 5.95. The molecule has 1 aromatic carbocycles. The molecule has 0 bridgehead atoms. The molecule has 1 aromatic rings. The Hall–Kier alpha value is -2.15. The van der Waals surface area contributed by atoms with Gasteiger partial charge in [0.25, 0.3) is 11.6 Å². The number of nitro groups is 1. The molecule has 2 fully saturated rings. The van der Waals surface area contributed by atoms with E-state index < -0.39 is 4.92 Å². The van der Waals surface area contributed by atoms with Crippen LogP contribution in [0.15, 0.2) is 18.2 Å². The number of benzene rings is 1. The van der Waals surface area contributed by atoms with Crippen LogP contribution >= 0.6 is 0 Å². The van der Waals surface area contributed by atoms with Gasteiger partial charge >= 0.3 is 0 Å². The lowest BCUT2D eigenvalue weighted by molar-refractivity contribution is -0.384. The highest BCUT2D eigenvalue weighted by atomic mass is 16.6. The molecule has 0 radical (unpaired) electrons. The highest BCUT2D eigenvalue weighted by Crippen LogP contribution is 2.31. The highest BCUT2D eigenvalue weighted by Gasteiger charge is 2.25. The molecular formula is C20H30N4O3. The number of amides is 1. The van der Waals surface area contributed by atoms with Crippen LogP contribution in [-0.4, -0.2) is 48.0 Å². The van der Waals surface area contributed by atoms with Gasteiger partial charge in [-0.3, -0.25) is 14.9 Å². The Morgan fingerprint density at radius 1 is 1.26 bits per heavy atom. The summed E-state index contributed by atoms with van der Waals surface area (Å²) in [5.74, 6) is 1.20. The Bertz CT molecular complexity index is 680. The van der Waals surface area contributed by atoms with Crippen LogP contribution in [0.25, 0.3) is 0 Å². The number of hydrogen-bond donors (Lipinski definition) is 2. The number of nitro benzene ring substituents is 1. The van der Waals surface area contributed by atoms with Gasteiger partial charge in [-0.15, -0.1) is 0 Å². The number of likely N-dealkylation sites (tertiary alicyclic amines) is 1. The van der Waals surface area contributed by atoms with E-state index in [1.54, 1.807) is 12.1 Å². The first-order valence-corrected chi connectivity index (χ1v) is 9.98. The zero-order valence-corrected chi connectivity index (χ0v) is 16.2. The number of carbonyl (C=O) groups is 1. The average Bonchev–Trinajstić information content (AvgIpc) is 3.42. The third-order valence-electron chi connectivity index (χ3n) is 5.27. The van der Waals surface area contributed by atoms with E-state index in [0.717, 1.165) is 50.7 Å². The van der Waals surface area contributed by atoms with E-state index in [9.17, 15) is 14.9 Å². The zero-order chi connectivity index (χ0) is 19.4. The molecule has 3 rings (SSSR count). The summed E-state index contributed by atoms with van der Waals surface area (Å²) in [6, 6.07) is 4.99. The van der Waals surface area contributed by atoms with Gasteiger partial charge in [-0.25, -0.2) is 0 Å². The van der Waals surface area contributed by atoms with Crippen molar-refractivity contribution >= 4 is 17.3 Å². The largest absolute Gasteiger partial charge is 0.377 e. The van der Waals surface area contributed by atoms with Crippen LogP contribution in [0.2, 0.25) is 0 Å². The molecule has 7 heteroatoms. The summed E-state index contributed by atoms with van der Waals surface area (Å²) in [5.41, 5.74) is 0.793. The van der Waals surface area contributed by atoms with E-state index in [4.69, 9.17) is 0 Å². The number of nitrogens with zero attached hydrogens (tertiary/aromatic N) is 2. The molecule has 1 amide bonds. The van der Waals surface area contributed by atoms with Gasteiger partial charge in [-0.2, -0.15) is 0 Å². The van der Waals surface area contributed by atoms with Crippen LogP contribution in [0.4, 0.5) is 11.4 Å². The van der Waals surface area contributed by atoms with Crippen molar-refractivity contribution in [2.45, 2.75) is 45.6 Å². The van der Waals surface area contributed by atoms with Crippen molar-refractivity contribution in [3.8, 4) is 0 Å². The van der Waals surface area contributed by atoms with Crippen LogP contribution in [0.1, 0.15) is 49.9 Å². The number of hydrogen-bond acceptors (Lipinski definition) is 5. The van der Waals surface area contributed by atoms with E-state index >= 15 is 0 Å². The number of anilines is 1. The molecule has 148 valence electrons. The van der Waals surface area contributed by atoms with Crippen molar-refractivity contribution in [2.24, 2.45) is 11.8 Å². The molecule has 0 aromatic heterocycles. The summed E-state index contributed by atoms with van der Waals surface area (Å²) < 4.78 is 0. The van der Waals surface area contributed by atoms with E-state index in [1.807, 2.05) is 0 Å². The zero-order valence-electron chi connectivity index (χ0n) is 16.2. The smallest absolute Gasteiger partial charge is 0.293 e. The molecule has 27 heavy (non-hydrogen) atoms. The van der Waals surface area contributed by atoms with Gasteiger partial charge < -0.3 is 15.5 Å². The van der Waals surface area contributed by atoms with Crippen LogP contribution in [0.5, 0.6) is 0 Å². The topological polar surface area (TPSA) is 87.5 Å². The molecule has 1 saturated carbocycles. The lowest BCUT2D eigenvalue weighted by atomic mass is 9.92. The summed E-state index contributed by atoms with van der Waals surface area (Å²) in [6.07, 6.45) is 4.24. The quantitative estimate of drug-likeness (QED) is 0.414. The lowest BCUT2D eigenvalue weighted by Crippen LogP contribution is -2.40. The van der Waals surface area contributed by atoms with Gasteiger partial charge in [-0.05, 0) is 56.2 Å². The molecule has 0 unspecified atom stereocenters. The minimum absolute atomic E-state index is 0.0363. The number of piperidine rings is 1. The van der Waals surface area contributed by atoms with Crippen LogP contribution in [-0.2, 0) is 0 Å². The Balaban J connectivity index is 1.48. The third kappa shape index (κ3) is 5.66. The normalized spacial score (nSPS) is 23.0. The minimum Gasteiger partial charge on any atom is -0.377 e. The van der Waals surface area contributed by atoms with Gasteiger partial charge in [0.1, 0.15) is 5.69 Å². The van der Waals surface area contributed by atoms with Crippen LogP contribution < -0.4 is 10.6 Å². The molecule has 1 saturated heterocycles. The van der Waals surface area contributed by atoms with Crippen molar-refractivity contribution in [3.05, 3.63) is 33.9 Å². The molecule has 1 aliphatic carbocycles. The van der Waals surface area contributed by atoms with Crippen molar-refractivity contribution in [2.75, 3.05) is 31.5 Å². The maximum Gasteiger partial charge on any atom is 0.293 e. The molecule has 2 N–H and O–H groups in total. The van der Waals surface area contributed by atoms with E-state index in [2.05, 4.69) is 29.4 Å². The summed E-state index contributed by atoms with van der Waals surface area (Å²) in [5, 5.41) is 17.4. The summed E-state index contributed by atoms with van der Waals surface area (Å²) >= 11 is 0. The predicted octanol–water partition coefficient (Wildman–Crippen LogP) is 3.27. The first-order chi connectivity index (χ1) is 12.9. The fraction of sp³-hybridized carbons (Fsp3) is 0.650. The number of carbonyl (C=O) groups excluding carboxylic acids is 1. The summed E-state index contributed by atoms with van der Waals surface area (Å²) in [4.78, 5) is 25.7. The van der Waals surface area contributed by atoms with Crippen LogP contribution in [0.3, 0.4) is 0 Å². The number of nitrogens with one attached hydrogen (secondary N) is 2. The third-order valence-corrected chi connectivity index (χ3v) is 5.27. The molecule has 2 atom stereocenters. The standard InChI is InChI=1S/C20H30N4O3/c1-14-10-15(2)13-23(12-14)9-3-8-21-20(25)16-4-7-18(22-17-5-6-17)19(11-16)24(26)27/h4,7,11,14-15,17,22H,3,5-6,8-10,12-13H2,1-2H3,(H,21,25)/t14-,15+. The number of rotatable bonds is 8. The SMILES string of the molecule is C[C@@H]1C[C@H](C)CN(CCCNC(=O)c2ccc(NC3CC3)c([N+](=O)[O-])c2)C1. The average molecular weight is 374 g/mol. The Morgan fingerprint density at radius 2 is 1.96 bits per heavy atom. The molecule has 2 aliphatic rings. The first kappa shape index (κ1) is 19.6. The van der Waals surface area contributed by atoms with Crippen molar-refractivity contribution in [3.63, 3.8) is 0 Å². The maximum atomic E-state index is 12.4. The molecule has 1 heterocycles. The fourth-order valence-corrected chi connectivity index (χ4v) is 3.97. The second kappa shape index (κ2) is 8.69.